The topological polar surface area (TPSA) is 23.5 Å². The van der Waals surface area contributed by atoms with Crippen LogP contribution in [0.15, 0.2) is 48.5 Å². The number of aliphatic hydroxyl groups is 1. The van der Waals surface area contributed by atoms with E-state index in [0.29, 0.717) is 0 Å². The fourth-order valence-corrected chi connectivity index (χ4v) is 2.07. The highest BCUT2D eigenvalue weighted by atomic mass is 16.3. The van der Waals surface area contributed by atoms with E-state index in [1.165, 1.54) is 5.56 Å². The number of aryl methyl sites for hydroxylation is 1. The third kappa shape index (κ3) is 3.15. The fraction of sp³-hybridized carbons (Fsp3) is 0.294. The highest BCUT2D eigenvalue weighted by Gasteiger charge is 2.07. The summed E-state index contributed by atoms with van der Waals surface area (Å²) in [6, 6.07) is 16.5. The molecule has 19 heavy (non-hydrogen) atoms. The molecule has 2 aromatic carbocycles. The monoisotopic (exact) mass is 255 g/mol. The van der Waals surface area contributed by atoms with Gasteiger partial charge in [-0.25, -0.2) is 0 Å². The van der Waals surface area contributed by atoms with Crippen LogP contribution in [0.5, 0.6) is 0 Å². The minimum absolute atomic E-state index is 0.362. The van der Waals surface area contributed by atoms with E-state index in [-0.39, 0.29) is 6.10 Å². The van der Waals surface area contributed by atoms with Crippen molar-refractivity contribution in [1.82, 2.24) is 0 Å². The van der Waals surface area contributed by atoms with Crippen LogP contribution in [-0.4, -0.2) is 12.2 Å². The third-order valence-corrected chi connectivity index (χ3v) is 3.47. The number of benzene rings is 2. The van der Waals surface area contributed by atoms with E-state index in [2.05, 4.69) is 43.1 Å². The number of aliphatic hydroxyl groups excluding tert-OH is 1. The molecule has 0 aliphatic heterocycles. The van der Waals surface area contributed by atoms with Crippen molar-refractivity contribution in [3.63, 3.8) is 0 Å². The van der Waals surface area contributed by atoms with Gasteiger partial charge in [-0.05, 0) is 43.2 Å². The van der Waals surface area contributed by atoms with Gasteiger partial charge >= 0.3 is 0 Å². The molecule has 2 nitrogen and oxygen atoms in total. The first-order chi connectivity index (χ1) is 9.11. The Hall–Kier alpha value is -1.80. The quantitative estimate of drug-likeness (QED) is 0.884. The van der Waals surface area contributed by atoms with E-state index >= 15 is 0 Å². The molecule has 100 valence electrons. The van der Waals surface area contributed by atoms with Crippen molar-refractivity contribution in [3.8, 4) is 0 Å². The zero-order valence-corrected chi connectivity index (χ0v) is 11.8. The third-order valence-electron chi connectivity index (χ3n) is 3.47. The SMILES string of the molecule is CC[C@@H](O)c1ccc(N(C)c2ccc(C)cc2)cc1. The molecule has 0 saturated carbocycles. The maximum absolute atomic E-state index is 9.79. The molecule has 2 heteroatoms. The molecule has 0 heterocycles. The summed E-state index contributed by atoms with van der Waals surface area (Å²) in [4.78, 5) is 2.14. The van der Waals surface area contributed by atoms with Crippen molar-refractivity contribution < 1.29 is 5.11 Å². The van der Waals surface area contributed by atoms with Crippen LogP contribution in [0.1, 0.15) is 30.6 Å². The summed E-state index contributed by atoms with van der Waals surface area (Å²) in [6.45, 7) is 4.07. The minimum atomic E-state index is -0.362. The normalized spacial score (nSPS) is 12.2. The van der Waals surface area contributed by atoms with Gasteiger partial charge in [0.1, 0.15) is 0 Å². The number of nitrogens with zero attached hydrogens (tertiary/aromatic N) is 1. The van der Waals surface area contributed by atoms with E-state index in [1.54, 1.807) is 0 Å². The summed E-state index contributed by atoms with van der Waals surface area (Å²) >= 11 is 0. The predicted molar refractivity (Wildman–Crippen MR) is 80.9 cm³/mol. The van der Waals surface area contributed by atoms with E-state index in [0.717, 1.165) is 23.4 Å². The summed E-state index contributed by atoms with van der Waals surface area (Å²) < 4.78 is 0. The zero-order chi connectivity index (χ0) is 13.8. The maximum Gasteiger partial charge on any atom is 0.0787 e. The summed E-state index contributed by atoms with van der Waals surface area (Å²) in [5.41, 5.74) is 4.52. The summed E-state index contributed by atoms with van der Waals surface area (Å²) in [5, 5.41) is 9.79. The van der Waals surface area contributed by atoms with Gasteiger partial charge in [-0.2, -0.15) is 0 Å². The van der Waals surface area contributed by atoms with Crippen molar-refractivity contribution in [3.05, 3.63) is 59.7 Å². The lowest BCUT2D eigenvalue weighted by atomic mass is 10.1. The molecule has 0 spiro atoms. The van der Waals surface area contributed by atoms with E-state index < -0.39 is 0 Å². The van der Waals surface area contributed by atoms with E-state index in [9.17, 15) is 5.11 Å². The first kappa shape index (κ1) is 13.6. The lowest BCUT2D eigenvalue weighted by Gasteiger charge is -2.20. The maximum atomic E-state index is 9.79. The van der Waals surface area contributed by atoms with Gasteiger partial charge in [0.25, 0.3) is 0 Å². The Bertz CT molecular complexity index is 516. The van der Waals surface area contributed by atoms with Crippen LogP contribution in [0.25, 0.3) is 0 Å². The number of rotatable bonds is 4. The van der Waals surface area contributed by atoms with Crippen LogP contribution in [0, 0.1) is 6.92 Å². The molecule has 1 N–H and O–H groups in total. The molecule has 0 bridgehead atoms. The molecule has 2 rings (SSSR count). The van der Waals surface area contributed by atoms with Crippen LogP contribution in [0.2, 0.25) is 0 Å². The van der Waals surface area contributed by atoms with Crippen molar-refractivity contribution in [1.29, 1.82) is 0 Å². The average molecular weight is 255 g/mol. The Morgan fingerprint density at radius 3 is 1.89 bits per heavy atom. The van der Waals surface area contributed by atoms with Crippen LogP contribution in [0.3, 0.4) is 0 Å². The molecule has 0 fully saturated rings. The van der Waals surface area contributed by atoms with Gasteiger partial charge in [0.2, 0.25) is 0 Å². The Morgan fingerprint density at radius 2 is 1.42 bits per heavy atom. The van der Waals surface area contributed by atoms with Gasteiger partial charge in [-0.3, -0.25) is 0 Å². The number of anilines is 2. The summed E-state index contributed by atoms with van der Waals surface area (Å²) in [7, 11) is 2.05. The second-order valence-corrected chi connectivity index (χ2v) is 4.91. The van der Waals surface area contributed by atoms with Gasteiger partial charge in [0.05, 0.1) is 6.10 Å². The highest BCUT2D eigenvalue weighted by Crippen LogP contribution is 2.26. The van der Waals surface area contributed by atoms with Crippen molar-refractivity contribution >= 4 is 11.4 Å². The number of hydrogen-bond acceptors (Lipinski definition) is 2. The molecule has 0 amide bonds. The van der Waals surface area contributed by atoms with Crippen molar-refractivity contribution in [2.45, 2.75) is 26.4 Å². The largest absolute Gasteiger partial charge is 0.388 e. The van der Waals surface area contributed by atoms with E-state index in [4.69, 9.17) is 0 Å². The highest BCUT2D eigenvalue weighted by molar-refractivity contribution is 5.62. The fourth-order valence-electron chi connectivity index (χ4n) is 2.07. The Morgan fingerprint density at radius 1 is 0.947 bits per heavy atom. The van der Waals surface area contributed by atoms with Gasteiger partial charge in [-0.15, -0.1) is 0 Å². The molecule has 1 atom stereocenters. The molecular formula is C17H21NO. The smallest absolute Gasteiger partial charge is 0.0787 e. The van der Waals surface area contributed by atoms with Crippen LogP contribution in [-0.2, 0) is 0 Å². The van der Waals surface area contributed by atoms with Gasteiger partial charge in [0.15, 0.2) is 0 Å². The Balaban J connectivity index is 2.19. The molecule has 2 aromatic rings. The molecule has 0 aliphatic rings. The molecular weight excluding hydrogens is 234 g/mol. The lowest BCUT2D eigenvalue weighted by molar-refractivity contribution is 0.173. The van der Waals surface area contributed by atoms with Crippen LogP contribution in [0.4, 0.5) is 11.4 Å². The average Bonchev–Trinajstić information content (AvgIpc) is 2.46. The van der Waals surface area contributed by atoms with Gasteiger partial charge in [0, 0.05) is 18.4 Å². The van der Waals surface area contributed by atoms with Gasteiger partial charge < -0.3 is 10.0 Å². The molecule has 0 aromatic heterocycles. The molecule has 0 radical (unpaired) electrons. The standard InChI is InChI=1S/C17H21NO/c1-4-17(19)14-7-11-16(12-8-14)18(3)15-9-5-13(2)6-10-15/h5-12,17,19H,4H2,1-3H3/t17-/m1/s1. The van der Waals surface area contributed by atoms with Crippen LogP contribution >= 0.6 is 0 Å². The van der Waals surface area contributed by atoms with E-state index in [1.807, 2.05) is 31.2 Å². The minimum Gasteiger partial charge on any atom is -0.388 e. The van der Waals surface area contributed by atoms with Crippen LogP contribution < -0.4 is 4.90 Å². The molecule has 0 saturated heterocycles. The number of hydrogen-bond donors (Lipinski definition) is 1. The van der Waals surface area contributed by atoms with Crippen molar-refractivity contribution in [2.24, 2.45) is 0 Å². The first-order valence-electron chi connectivity index (χ1n) is 6.70. The first-order valence-corrected chi connectivity index (χ1v) is 6.70. The zero-order valence-electron chi connectivity index (χ0n) is 11.8. The summed E-state index contributed by atoms with van der Waals surface area (Å²) in [5.74, 6) is 0. The second-order valence-electron chi connectivity index (χ2n) is 4.91. The van der Waals surface area contributed by atoms with Crippen molar-refractivity contribution in [2.75, 3.05) is 11.9 Å². The Kier molecular flexibility index (Phi) is 4.23. The second kappa shape index (κ2) is 5.89. The Labute approximate surface area is 115 Å². The summed E-state index contributed by atoms with van der Waals surface area (Å²) in [6.07, 6.45) is 0.381. The lowest BCUT2D eigenvalue weighted by Crippen LogP contribution is -2.09. The predicted octanol–water partition coefficient (Wildman–Crippen LogP) is 4.21. The molecule has 0 unspecified atom stereocenters. The van der Waals surface area contributed by atoms with Gasteiger partial charge in [-0.1, -0.05) is 36.8 Å². The molecule has 0 aliphatic carbocycles.